The number of amides is 1. The molecular weight excluding hydrogens is 276 g/mol. The van der Waals surface area contributed by atoms with Crippen LogP contribution >= 0.6 is 0 Å². The summed E-state index contributed by atoms with van der Waals surface area (Å²) in [6.45, 7) is 8.15. The molecule has 3 rings (SSSR count). The predicted octanol–water partition coefficient (Wildman–Crippen LogP) is 2.80. The van der Waals surface area contributed by atoms with Gasteiger partial charge in [-0.15, -0.1) is 0 Å². The van der Waals surface area contributed by atoms with Crippen LogP contribution in [0.1, 0.15) is 29.5 Å². The van der Waals surface area contributed by atoms with Crippen LogP contribution in [0.4, 0.5) is 0 Å². The van der Waals surface area contributed by atoms with E-state index in [0.717, 1.165) is 35.2 Å². The lowest BCUT2D eigenvalue weighted by atomic mass is 10.0. The highest BCUT2D eigenvalue weighted by atomic mass is 16.3. The second-order valence-corrected chi connectivity index (χ2v) is 6.22. The summed E-state index contributed by atoms with van der Waals surface area (Å²) in [6.07, 6.45) is 4.67. The summed E-state index contributed by atoms with van der Waals surface area (Å²) in [5.74, 6) is 0.0696. The normalized spacial score (nSPS) is 15.5. The molecule has 0 unspecified atom stereocenters. The summed E-state index contributed by atoms with van der Waals surface area (Å²) < 4.78 is 5.66. The average Bonchev–Trinajstić information content (AvgIpc) is 3.13. The van der Waals surface area contributed by atoms with Gasteiger partial charge in [-0.3, -0.25) is 4.79 Å². The maximum Gasteiger partial charge on any atom is 0.224 e. The zero-order chi connectivity index (χ0) is 15.5. The van der Waals surface area contributed by atoms with E-state index in [-0.39, 0.29) is 5.91 Å². The van der Waals surface area contributed by atoms with Crippen LogP contribution in [0.3, 0.4) is 0 Å². The molecule has 1 saturated heterocycles. The first-order valence-electron chi connectivity index (χ1n) is 8.10. The Balaban J connectivity index is 1.58. The van der Waals surface area contributed by atoms with Gasteiger partial charge in [-0.05, 0) is 50.9 Å². The van der Waals surface area contributed by atoms with Gasteiger partial charge >= 0.3 is 0 Å². The first-order valence-corrected chi connectivity index (χ1v) is 8.10. The summed E-state index contributed by atoms with van der Waals surface area (Å²) in [5, 5.41) is 4.07. The number of nitrogens with one attached hydrogen (secondary N) is 1. The Bertz CT molecular complexity index is 669. The average molecular weight is 300 g/mol. The number of fused-ring (bicyclic) bond motifs is 1. The number of likely N-dealkylation sites (tertiary alicyclic amines) is 1. The molecule has 22 heavy (non-hydrogen) atoms. The zero-order valence-corrected chi connectivity index (χ0v) is 13.4. The number of carbonyl (C=O) groups is 1. The van der Waals surface area contributed by atoms with Crippen LogP contribution in [0.5, 0.6) is 0 Å². The quantitative estimate of drug-likeness (QED) is 0.923. The third-order valence-electron chi connectivity index (χ3n) is 4.64. The molecule has 2 heterocycles. The number of carbonyl (C=O) groups excluding carboxylic acids is 1. The molecule has 1 aliphatic heterocycles. The van der Waals surface area contributed by atoms with E-state index in [2.05, 4.69) is 30.1 Å². The Labute approximate surface area is 131 Å². The summed E-state index contributed by atoms with van der Waals surface area (Å²) in [4.78, 5) is 14.5. The summed E-state index contributed by atoms with van der Waals surface area (Å²) in [5.41, 5.74) is 4.23. The largest absolute Gasteiger partial charge is 0.464 e. The highest BCUT2D eigenvalue weighted by molar-refractivity contribution is 5.89. The number of benzene rings is 1. The minimum absolute atomic E-state index is 0.0696. The van der Waals surface area contributed by atoms with Crippen molar-refractivity contribution in [2.24, 2.45) is 0 Å². The molecule has 4 heteroatoms. The van der Waals surface area contributed by atoms with Crippen molar-refractivity contribution in [3.8, 4) is 0 Å². The maximum atomic E-state index is 12.1. The second kappa shape index (κ2) is 6.53. The van der Waals surface area contributed by atoms with Gasteiger partial charge in [-0.25, -0.2) is 0 Å². The van der Waals surface area contributed by atoms with Gasteiger partial charge in [0.05, 0.1) is 12.7 Å². The minimum Gasteiger partial charge on any atom is -0.464 e. The van der Waals surface area contributed by atoms with Crippen LogP contribution < -0.4 is 5.32 Å². The Morgan fingerprint density at radius 1 is 1.27 bits per heavy atom. The first-order chi connectivity index (χ1) is 10.6. The van der Waals surface area contributed by atoms with Gasteiger partial charge in [0.2, 0.25) is 5.91 Å². The van der Waals surface area contributed by atoms with E-state index in [1.165, 1.54) is 31.5 Å². The van der Waals surface area contributed by atoms with E-state index in [0.29, 0.717) is 6.42 Å². The van der Waals surface area contributed by atoms with Gasteiger partial charge in [0.25, 0.3) is 0 Å². The van der Waals surface area contributed by atoms with Crippen LogP contribution in [-0.2, 0) is 11.2 Å². The Kier molecular flexibility index (Phi) is 4.48. The fourth-order valence-corrected chi connectivity index (χ4v) is 3.12. The molecule has 2 aromatic rings. The molecule has 1 aromatic carbocycles. The molecule has 1 aliphatic rings. The fourth-order valence-electron chi connectivity index (χ4n) is 3.12. The molecule has 0 spiro atoms. The number of nitrogens with zero attached hydrogens (tertiary/aromatic N) is 1. The van der Waals surface area contributed by atoms with Crippen molar-refractivity contribution >= 4 is 16.9 Å². The van der Waals surface area contributed by atoms with Gasteiger partial charge in [0, 0.05) is 24.0 Å². The van der Waals surface area contributed by atoms with E-state index in [4.69, 9.17) is 4.42 Å². The van der Waals surface area contributed by atoms with E-state index >= 15 is 0 Å². The molecule has 0 saturated carbocycles. The predicted molar refractivity (Wildman–Crippen MR) is 88.1 cm³/mol. The minimum atomic E-state index is 0.0696. The lowest BCUT2D eigenvalue weighted by molar-refractivity contribution is -0.120. The molecule has 0 atom stereocenters. The standard InChI is InChI=1S/C18H24N2O2/c1-13-5-6-16-15(12-22-18(16)14(13)2)11-17(21)19-7-10-20-8-3-4-9-20/h5-6,12H,3-4,7-11H2,1-2H3,(H,19,21). The van der Waals surface area contributed by atoms with Crippen molar-refractivity contribution < 1.29 is 9.21 Å². The number of furan rings is 1. The van der Waals surface area contributed by atoms with E-state index < -0.39 is 0 Å². The molecule has 4 nitrogen and oxygen atoms in total. The Morgan fingerprint density at radius 3 is 2.82 bits per heavy atom. The summed E-state index contributed by atoms with van der Waals surface area (Å²) >= 11 is 0. The third kappa shape index (κ3) is 3.17. The summed E-state index contributed by atoms with van der Waals surface area (Å²) in [7, 11) is 0. The summed E-state index contributed by atoms with van der Waals surface area (Å²) in [6, 6.07) is 4.13. The molecule has 0 radical (unpaired) electrons. The topological polar surface area (TPSA) is 45.5 Å². The van der Waals surface area contributed by atoms with E-state index in [9.17, 15) is 4.79 Å². The van der Waals surface area contributed by atoms with Crippen molar-refractivity contribution in [3.05, 3.63) is 35.1 Å². The molecule has 118 valence electrons. The molecule has 1 aromatic heterocycles. The molecule has 1 amide bonds. The van der Waals surface area contributed by atoms with E-state index in [1.54, 1.807) is 6.26 Å². The van der Waals surface area contributed by atoms with Crippen LogP contribution in [0, 0.1) is 13.8 Å². The molecule has 1 fully saturated rings. The van der Waals surface area contributed by atoms with Crippen LogP contribution in [0.2, 0.25) is 0 Å². The van der Waals surface area contributed by atoms with Crippen molar-refractivity contribution in [2.45, 2.75) is 33.1 Å². The van der Waals surface area contributed by atoms with Gasteiger partial charge in [0.15, 0.2) is 0 Å². The molecule has 0 aliphatic carbocycles. The van der Waals surface area contributed by atoms with Crippen molar-refractivity contribution in [1.82, 2.24) is 10.2 Å². The highest BCUT2D eigenvalue weighted by Gasteiger charge is 2.14. The molecular formula is C18H24N2O2. The zero-order valence-electron chi connectivity index (χ0n) is 13.4. The van der Waals surface area contributed by atoms with Crippen molar-refractivity contribution in [3.63, 3.8) is 0 Å². The SMILES string of the molecule is Cc1ccc2c(CC(=O)NCCN3CCCC3)coc2c1C. The second-order valence-electron chi connectivity index (χ2n) is 6.22. The highest BCUT2D eigenvalue weighted by Crippen LogP contribution is 2.26. The first kappa shape index (κ1) is 15.1. The molecule has 0 bridgehead atoms. The van der Waals surface area contributed by atoms with Crippen molar-refractivity contribution in [2.75, 3.05) is 26.2 Å². The van der Waals surface area contributed by atoms with Gasteiger partial charge in [0.1, 0.15) is 5.58 Å². The van der Waals surface area contributed by atoms with Gasteiger partial charge < -0.3 is 14.6 Å². The fraction of sp³-hybridized carbons (Fsp3) is 0.500. The van der Waals surface area contributed by atoms with Gasteiger partial charge in [-0.1, -0.05) is 12.1 Å². The van der Waals surface area contributed by atoms with Crippen LogP contribution in [0.25, 0.3) is 11.0 Å². The Hall–Kier alpha value is -1.81. The monoisotopic (exact) mass is 300 g/mol. The lowest BCUT2D eigenvalue weighted by Gasteiger charge is -2.14. The van der Waals surface area contributed by atoms with E-state index in [1.807, 2.05) is 6.07 Å². The number of hydrogen-bond acceptors (Lipinski definition) is 3. The maximum absolute atomic E-state index is 12.1. The smallest absolute Gasteiger partial charge is 0.224 e. The van der Waals surface area contributed by atoms with Crippen molar-refractivity contribution in [1.29, 1.82) is 0 Å². The Morgan fingerprint density at radius 2 is 2.05 bits per heavy atom. The van der Waals surface area contributed by atoms with Crippen LogP contribution in [-0.4, -0.2) is 37.0 Å². The number of aryl methyl sites for hydroxylation is 2. The lowest BCUT2D eigenvalue weighted by Crippen LogP contribution is -2.34. The molecule has 1 N–H and O–H groups in total. The third-order valence-corrected chi connectivity index (χ3v) is 4.64. The van der Waals surface area contributed by atoms with Crippen LogP contribution in [0.15, 0.2) is 22.8 Å². The van der Waals surface area contributed by atoms with Gasteiger partial charge in [-0.2, -0.15) is 0 Å². The number of rotatable bonds is 5. The number of hydrogen-bond donors (Lipinski definition) is 1.